The zero-order valence-electron chi connectivity index (χ0n) is 24.6. The molecule has 1 unspecified atom stereocenters. The van der Waals surface area contributed by atoms with Crippen LogP contribution >= 0.6 is 0 Å². The molecule has 0 bridgehead atoms. The Balaban J connectivity index is 1.10. The van der Waals surface area contributed by atoms with Crippen LogP contribution in [0.2, 0.25) is 0 Å². The van der Waals surface area contributed by atoms with E-state index in [2.05, 4.69) is 15.3 Å². The summed E-state index contributed by atoms with van der Waals surface area (Å²) in [6, 6.07) is 30.7. The van der Waals surface area contributed by atoms with Crippen molar-refractivity contribution in [2.24, 2.45) is 0 Å². The van der Waals surface area contributed by atoms with Crippen LogP contribution in [-0.4, -0.2) is 48.2 Å². The summed E-state index contributed by atoms with van der Waals surface area (Å²) >= 11 is 0. The zero-order valence-corrected chi connectivity index (χ0v) is 24.6. The highest BCUT2D eigenvalue weighted by atomic mass is 16.5. The number of rotatable bonds is 13. The molecule has 9 heteroatoms. The Morgan fingerprint density at radius 2 is 1.32 bits per heavy atom. The van der Waals surface area contributed by atoms with Gasteiger partial charge in [0.1, 0.15) is 43.1 Å². The van der Waals surface area contributed by atoms with Gasteiger partial charge in [0.25, 0.3) is 5.91 Å². The number of carbonyl (C=O) groups excluding carboxylic acids is 2. The topological polar surface area (TPSA) is 109 Å². The first-order valence-electron chi connectivity index (χ1n) is 14.2. The molecule has 5 rings (SSSR count). The van der Waals surface area contributed by atoms with Gasteiger partial charge in [-0.2, -0.15) is 0 Å². The van der Waals surface area contributed by atoms with Crippen molar-refractivity contribution in [3.63, 3.8) is 0 Å². The first-order chi connectivity index (χ1) is 21.5. The number of hydrogen-bond acceptors (Lipinski definition) is 8. The van der Waals surface area contributed by atoms with Crippen molar-refractivity contribution in [1.29, 1.82) is 0 Å². The molecule has 0 fully saturated rings. The number of benzene rings is 4. The molecule has 0 aliphatic carbocycles. The lowest BCUT2D eigenvalue weighted by Gasteiger charge is -2.17. The van der Waals surface area contributed by atoms with Crippen LogP contribution in [0.25, 0.3) is 11.0 Å². The van der Waals surface area contributed by atoms with Crippen molar-refractivity contribution >= 4 is 22.9 Å². The predicted octanol–water partition coefficient (Wildman–Crippen LogP) is 5.49. The summed E-state index contributed by atoms with van der Waals surface area (Å²) in [4.78, 5) is 34.5. The average Bonchev–Trinajstić information content (AvgIpc) is 3.06. The highest BCUT2D eigenvalue weighted by Gasteiger charge is 2.23. The van der Waals surface area contributed by atoms with Gasteiger partial charge in [-0.25, -0.2) is 14.8 Å². The van der Waals surface area contributed by atoms with Crippen molar-refractivity contribution in [1.82, 2.24) is 15.3 Å². The smallest absolute Gasteiger partial charge is 0.328 e. The van der Waals surface area contributed by atoms with E-state index in [0.717, 1.165) is 22.2 Å². The second-order valence-corrected chi connectivity index (χ2v) is 10.00. The molecule has 0 spiro atoms. The molecule has 1 heterocycles. The van der Waals surface area contributed by atoms with Gasteiger partial charge in [-0.1, -0.05) is 54.6 Å². The van der Waals surface area contributed by atoms with E-state index in [0.29, 0.717) is 35.2 Å². The van der Waals surface area contributed by atoms with Crippen LogP contribution in [0.1, 0.15) is 27.2 Å². The van der Waals surface area contributed by atoms with Crippen LogP contribution in [0.5, 0.6) is 17.4 Å². The number of carbonyl (C=O) groups is 2. The van der Waals surface area contributed by atoms with E-state index in [1.54, 1.807) is 24.3 Å². The molecular formula is C35H33N3O6. The van der Waals surface area contributed by atoms with E-state index >= 15 is 0 Å². The number of ether oxygens (including phenoxy) is 4. The molecular weight excluding hydrogens is 558 g/mol. The van der Waals surface area contributed by atoms with Crippen molar-refractivity contribution in [3.8, 4) is 17.4 Å². The quantitative estimate of drug-likeness (QED) is 0.142. The molecule has 5 aromatic rings. The lowest BCUT2D eigenvalue weighted by Crippen LogP contribution is -2.43. The Morgan fingerprint density at radius 1 is 0.705 bits per heavy atom. The Labute approximate surface area is 255 Å². The van der Waals surface area contributed by atoms with E-state index < -0.39 is 17.9 Å². The molecule has 0 saturated carbocycles. The van der Waals surface area contributed by atoms with Crippen molar-refractivity contribution in [3.05, 3.63) is 126 Å². The normalized spacial score (nSPS) is 11.4. The van der Waals surface area contributed by atoms with Gasteiger partial charge in [-0.05, 0) is 66.6 Å². The zero-order chi connectivity index (χ0) is 30.7. The summed E-state index contributed by atoms with van der Waals surface area (Å²) in [7, 11) is 1.30. The second kappa shape index (κ2) is 14.6. The number of para-hydroxylation sites is 2. The fraction of sp³-hybridized carbons (Fsp3) is 0.200. The summed E-state index contributed by atoms with van der Waals surface area (Å²) in [6.45, 7) is 2.86. The van der Waals surface area contributed by atoms with Crippen LogP contribution in [-0.2, 0) is 22.6 Å². The van der Waals surface area contributed by atoms with Crippen LogP contribution in [0.15, 0.2) is 103 Å². The SMILES string of the molecule is COC(=O)C(Cc1ccc(OCc2ccccc2)cc1)NC(=O)c1ccc(OCCOc2nc3ccccc3nc2C)cc1. The van der Waals surface area contributed by atoms with Gasteiger partial charge in [0.05, 0.1) is 18.1 Å². The minimum atomic E-state index is -0.863. The Morgan fingerprint density at radius 3 is 2.02 bits per heavy atom. The Bertz CT molecular complexity index is 1690. The number of aromatic nitrogens is 2. The molecule has 1 aromatic heterocycles. The molecule has 0 aliphatic heterocycles. The van der Waals surface area contributed by atoms with Gasteiger partial charge in [0.15, 0.2) is 0 Å². The largest absolute Gasteiger partial charge is 0.490 e. The number of esters is 1. The monoisotopic (exact) mass is 591 g/mol. The second-order valence-electron chi connectivity index (χ2n) is 10.00. The highest BCUT2D eigenvalue weighted by Crippen LogP contribution is 2.19. The summed E-state index contributed by atoms with van der Waals surface area (Å²) in [5.74, 6) is 0.817. The van der Waals surface area contributed by atoms with E-state index in [9.17, 15) is 9.59 Å². The fourth-order valence-corrected chi connectivity index (χ4v) is 4.48. The minimum absolute atomic E-state index is 0.264. The van der Waals surface area contributed by atoms with Crippen molar-refractivity contribution in [2.45, 2.75) is 26.0 Å². The van der Waals surface area contributed by atoms with E-state index in [1.165, 1.54) is 7.11 Å². The number of nitrogens with one attached hydrogen (secondary N) is 1. The van der Waals surface area contributed by atoms with Gasteiger partial charge < -0.3 is 24.3 Å². The maximum atomic E-state index is 13.0. The number of hydrogen-bond donors (Lipinski definition) is 1. The summed E-state index contributed by atoms with van der Waals surface area (Å²) in [5.41, 5.74) is 4.59. The molecule has 0 radical (unpaired) electrons. The number of amides is 1. The molecule has 1 N–H and O–H groups in total. The van der Waals surface area contributed by atoms with Gasteiger partial charge in [-0.15, -0.1) is 0 Å². The van der Waals surface area contributed by atoms with Crippen LogP contribution < -0.4 is 19.5 Å². The van der Waals surface area contributed by atoms with Crippen molar-refractivity contribution in [2.75, 3.05) is 20.3 Å². The Hall–Kier alpha value is -5.44. The summed E-state index contributed by atoms with van der Waals surface area (Å²) in [5, 5.41) is 2.78. The molecule has 0 saturated heterocycles. The van der Waals surface area contributed by atoms with Gasteiger partial charge in [-0.3, -0.25) is 4.79 Å². The predicted molar refractivity (Wildman–Crippen MR) is 166 cm³/mol. The number of fused-ring (bicyclic) bond motifs is 1. The molecule has 4 aromatic carbocycles. The third-order valence-corrected chi connectivity index (χ3v) is 6.81. The standard InChI is InChI=1S/C35H33N3O6/c1-24-34(38-31-11-7-6-10-30(31)36-24)43-21-20-42-28-18-14-27(15-19-28)33(39)37-32(35(40)41-2)22-25-12-16-29(17-13-25)44-23-26-8-4-3-5-9-26/h3-19,32H,20-23H2,1-2H3,(H,37,39). The summed E-state index contributed by atoms with van der Waals surface area (Å²) in [6.07, 6.45) is 0.264. The maximum absolute atomic E-state index is 13.0. The van der Waals surface area contributed by atoms with Crippen LogP contribution in [0.3, 0.4) is 0 Å². The average molecular weight is 592 g/mol. The third-order valence-electron chi connectivity index (χ3n) is 6.81. The van der Waals surface area contributed by atoms with Crippen LogP contribution in [0, 0.1) is 6.92 Å². The molecule has 44 heavy (non-hydrogen) atoms. The number of nitrogens with zero attached hydrogens (tertiary/aromatic N) is 2. The molecule has 224 valence electrons. The molecule has 1 atom stereocenters. The lowest BCUT2D eigenvalue weighted by atomic mass is 10.0. The summed E-state index contributed by atoms with van der Waals surface area (Å²) < 4.78 is 22.3. The fourth-order valence-electron chi connectivity index (χ4n) is 4.48. The number of aryl methyl sites for hydroxylation is 1. The Kier molecular flexibility index (Phi) is 9.99. The van der Waals surface area contributed by atoms with Gasteiger partial charge >= 0.3 is 5.97 Å². The molecule has 1 amide bonds. The van der Waals surface area contributed by atoms with Crippen LogP contribution in [0.4, 0.5) is 0 Å². The van der Waals surface area contributed by atoms with E-state index in [4.69, 9.17) is 18.9 Å². The van der Waals surface area contributed by atoms with Crippen molar-refractivity contribution < 1.29 is 28.5 Å². The van der Waals surface area contributed by atoms with Gasteiger partial charge in [0.2, 0.25) is 5.88 Å². The number of methoxy groups -OCH3 is 1. The third kappa shape index (κ3) is 8.10. The van der Waals surface area contributed by atoms with E-state index in [1.807, 2.05) is 85.8 Å². The first kappa shape index (κ1) is 30.0. The lowest BCUT2D eigenvalue weighted by molar-refractivity contribution is -0.142. The maximum Gasteiger partial charge on any atom is 0.328 e. The minimum Gasteiger partial charge on any atom is -0.490 e. The van der Waals surface area contributed by atoms with E-state index in [-0.39, 0.29) is 19.6 Å². The molecule has 9 nitrogen and oxygen atoms in total. The first-order valence-corrected chi connectivity index (χ1v) is 14.2. The molecule has 0 aliphatic rings. The highest BCUT2D eigenvalue weighted by molar-refractivity contribution is 5.97. The van der Waals surface area contributed by atoms with Gasteiger partial charge in [0, 0.05) is 12.0 Å².